The maximum absolute atomic E-state index is 11.7. The summed E-state index contributed by atoms with van der Waals surface area (Å²) in [6.07, 6.45) is 0.529. The van der Waals surface area contributed by atoms with Gasteiger partial charge in [-0.15, -0.1) is 0 Å². The van der Waals surface area contributed by atoms with Crippen LogP contribution in [0.2, 0.25) is 0 Å². The number of aromatic amines is 1. The van der Waals surface area contributed by atoms with Crippen molar-refractivity contribution in [1.29, 1.82) is 0 Å². The molecule has 0 fully saturated rings. The normalized spacial score (nSPS) is 13.3. The van der Waals surface area contributed by atoms with E-state index in [1.165, 1.54) is 10.9 Å². The van der Waals surface area contributed by atoms with E-state index >= 15 is 0 Å². The van der Waals surface area contributed by atoms with Crippen molar-refractivity contribution in [2.75, 3.05) is 25.3 Å². The van der Waals surface area contributed by atoms with Crippen molar-refractivity contribution in [2.45, 2.75) is 6.04 Å². The lowest BCUT2D eigenvalue weighted by Gasteiger charge is -2.19. The summed E-state index contributed by atoms with van der Waals surface area (Å²) >= 11 is 0. The van der Waals surface area contributed by atoms with Crippen LogP contribution in [0.3, 0.4) is 0 Å². The highest BCUT2D eigenvalue weighted by molar-refractivity contribution is 7.51. The molecule has 0 saturated carbocycles. The van der Waals surface area contributed by atoms with Gasteiger partial charge in [-0.2, -0.15) is 4.98 Å². The molecule has 1 atom stereocenters. The number of rotatable bonds is 7. The molecule has 0 bridgehead atoms. The number of ether oxygens (including phenoxy) is 1. The Balaban J connectivity index is 2.26. The largest absolute Gasteiger partial charge is 0.394 e. The highest BCUT2D eigenvalue weighted by atomic mass is 31.2. The van der Waals surface area contributed by atoms with Gasteiger partial charge in [0.15, 0.2) is 11.2 Å². The number of aliphatic hydroxyl groups excluding tert-OH is 1. The minimum atomic E-state index is -4.29. The second-order valence-electron chi connectivity index (χ2n) is 4.77. The Bertz CT molecular complexity index is 824. The van der Waals surface area contributed by atoms with E-state index in [0.29, 0.717) is 5.57 Å². The van der Waals surface area contributed by atoms with Gasteiger partial charge < -0.3 is 29.9 Å². The van der Waals surface area contributed by atoms with Gasteiger partial charge in [0.1, 0.15) is 6.35 Å². The van der Waals surface area contributed by atoms with Crippen molar-refractivity contribution in [1.82, 2.24) is 19.5 Å². The van der Waals surface area contributed by atoms with Gasteiger partial charge in [-0.25, -0.2) is 4.98 Å². The number of aromatic nitrogens is 4. The smallest absolute Gasteiger partial charge is 0.350 e. The summed E-state index contributed by atoms with van der Waals surface area (Å²) < 4.78 is 17.0. The first-order valence-electron chi connectivity index (χ1n) is 6.36. The average Bonchev–Trinajstić information content (AvgIpc) is 2.82. The van der Waals surface area contributed by atoms with Crippen molar-refractivity contribution in [2.24, 2.45) is 0 Å². The fourth-order valence-corrected chi connectivity index (χ4v) is 2.31. The lowest BCUT2D eigenvalue weighted by molar-refractivity contribution is 0.163. The highest BCUT2D eigenvalue weighted by Gasteiger charge is 2.20. The topological polar surface area (TPSA) is 177 Å². The summed E-state index contributed by atoms with van der Waals surface area (Å²) in [5.41, 5.74) is 5.49. The summed E-state index contributed by atoms with van der Waals surface area (Å²) in [7, 11) is -4.29. The van der Waals surface area contributed by atoms with Crippen molar-refractivity contribution >= 4 is 24.7 Å². The summed E-state index contributed by atoms with van der Waals surface area (Å²) in [6, 6.07) is -0.745. The summed E-state index contributed by atoms with van der Waals surface area (Å²) in [4.78, 5) is 39.4. The van der Waals surface area contributed by atoms with Gasteiger partial charge in [-0.1, -0.05) is 6.58 Å². The average molecular weight is 345 g/mol. The number of imidazole rings is 1. The van der Waals surface area contributed by atoms with E-state index in [1.54, 1.807) is 0 Å². The molecule has 126 valence electrons. The molecule has 0 spiro atoms. The summed E-state index contributed by atoms with van der Waals surface area (Å²) in [5.74, 6) is -0.107. The van der Waals surface area contributed by atoms with Crippen LogP contribution in [0.25, 0.3) is 11.2 Å². The minimum absolute atomic E-state index is 0.0431. The second-order valence-corrected chi connectivity index (χ2v) is 6.36. The van der Waals surface area contributed by atoms with Crippen molar-refractivity contribution in [3.05, 3.63) is 28.8 Å². The molecule has 11 nitrogen and oxygen atoms in total. The molecule has 2 rings (SSSR count). The Kier molecular flexibility index (Phi) is 4.97. The zero-order valence-electron chi connectivity index (χ0n) is 11.9. The molecule has 0 aliphatic heterocycles. The van der Waals surface area contributed by atoms with E-state index in [-0.39, 0.29) is 23.7 Å². The molecule has 0 saturated heterocycles. The number of hydrogen-bond acceptors (Lipinski definition) is 7. The highest BCUT2D eigenvalue weighted by Crippen LogP contribution is 2.34. The van der Waals surface area contributed by atoms with Gasteiger partial charge in [0.25, 0.3) is 5.56 Å². The predicted molar refractivity (Wildman–Crippen MR) is 80.7 cm³/mol. The van der Waals surface area contributed by atoms with Crippen LogP contribution in [0.5, 0.6) is 0 Å². The molecule has 12 heteroatoms. The molecule has 2 aromatic rings. The molecule has 23 heavy (non-hydrogen) atoms. The monoisotopic (exact) mass is 345 g/mol. The number of nitrogen functional groups attached to an aromatic ring is 1. The first-order valence-corrected chi connectivity index (χ1v) is 8.16. The number of aliphatic hydroxyl groups is 1. The van der Waals surface area contributed by atoms with E-state index in [0.717, 1.165) is 0 Å². The van der Waals surface area contributed by atoms with E-state index in [4.69, 9.17) is 20.3 Å². The maximum Gasteiger partial charge on any atom is 0.350 e. The van der Waals surface area contributed by atoms with Crippen LogP contribution in [-0.2, 0) is 9.30 Å². The third-order valence-corrected chi connectivity index (χ3v) is 3.50. The van der Waals surface area contributed by atoms with Crippen LogP contribution in [-0.4, -0.2) is 54.0 Å². The maximum atomic E-state index is 11.7. The Morgan fingerprint density at radius 3 is 2.87 bits per heavy atom. The Morgan fingerprint density at radius 1 is 1.57 bits per heavy atom. The van der Waals surface area contributed by atoms with Gasteiger partial charge in [0, 0.05) is 0 Å². The van der Waals surface area contributed by atoms with Crippen LogP contribution in [0.4, 0.5) is 5.95 Å². The molecule has 1 unspecified atom stereocenters. The van der Waals surface area contributed by atoms with E-state index < -0.39 is 32.2 Å². The molecule has 2 heterocycles. The number of H-pyrrole nitrogens is 1. The predicted octanol–water partition coefficient (Wildman–Crippen LogP) is -1.06. The zero-order chi connectivity index (χ0) is 17.2. The number of nitrogens with two attached hydrogens (primary N) is 1. The fraction of sp³-hybridized carbons (Fsp3) is 0.364. The van der Waals surface area contributed by atoms with Gasteiger partial charge in [0.2, 0.25) is 5.95 Å². The Hall–Kier alpha value is -2.04. The SMILES string of the molecule is C=C(COCP(=O)(O)O)C(CO)n1cnc2c(=O)[nH]c(N)nc21. The third-order valence-electron chi connectivity index (χ3n) is 2.98. The van der Waals surface area contributed by atoms with Crippen molar-refractivity contribution in [3.8, 4) is 0 Å². The van der Waals surface area contributed by atoms with Gasteiger partial charge in [0.05, 0.1) is 25.6 Å². The van der Waals surface area contributed by atoms with Gasteiger partial charge >= 0.3 is 7.60 Å². The lowest BCUT2D eigenvalue weighted by Crippen LogP contribution is -2.19. The zero-order valence-corrected chi connectivity index (χ0v) is 12.8. The van der Waals surface area contributed by atoms with Crippen LogP contribution in [0.15, 0.2) is 23.3 Å². The lowest BCUT2D eigenvalue weighted by atomic mass is 10.1. The summed E-state index contributed by atoms with van der Waals surface area (Å²) in [5, 5.41) is 9.56. The summed E-state index contributed by atoms with van der Waals surface area (Å²) in [6.45, 7) is 3.12. The quantitative estimate of drug-likeness (QED) is 0.309. The fourth-order valence-electron chi connectivity index (χ4n) is 1.98. The third kappa shape index (κ3) is 4.03. The van der Waals surface area contributed by atoms with Crippen molar-refractivity contribution < 1.29 is 24.2 Å². The molecular weight excluding hydrogens is 329 g/mol. The van der Waals surface area contributed by atoms with Crippen LogP contribution in [0, 0.1) is 0 Å². The number of fused-ring (bicyclic) bond motifs is 1. The Labute approximate surface area is 129 Å². The number of anilines is 1. The molecule has 0 radical (unpaired) electrons. The number of nitrogens with one attached hydrogen (secondary N) is 1. The van der Waals surface area contributed by atoms with E-state index in [9.17, 15) is 14.5 Å². The van der Waals surface area contributed by atoms with Gasteiger partial charge in [-0.3, -0.25) is 14.3 Å². The van der Waals surface area contributed by atoms with Crippen molar-refractivity contribution in [3.63, 3.8) is 0 Å². The van der Waals surface area contributed by atoms with E-state index in [1.807, 2.05) is 0 Å². The molecule has 0 aliphatic rings. The molecular formula is C11H16N5O6P. The second kappa shape index (κ2) is 6.60. The van der Waals surface area contributed by atoms with E-state index in [2.05, 4.69) is 21.5 Å². The molecule has 0 amide bonds. The minimum Gasteiger partial charge on any atom is -0.394 e. The molecule has 0 aliphatic carbocycles. The standard InChI is InChI=1S/C11H16N5O6P/c1-6(3-22-5-23(19,20)21)7(2-17)16-4-13-8-9(16)14-11(12)15-10(8)18/h4,7,17H,1-3,5H2,(H2,19,20,21)(H3,12,14,15,18). The van der Waals surface area contributed by atoms with Crippen LogP contribution >= 0.6 is 7.60 Å². The number of hydrogen-bond donors (Lipinski definition) is 5. The van der Waals surface area contributed by atoms with Crippen LogP contribution < -0.4 is 11.3 Å². The first kappa shape index (κ1) is 17.3. The Morgan fingerprint density at radius 2 is 2.26 bits per heavy atom. The van der Waals surface area contributed by atoms with Gasteiger partial charge in [-0.05, 0) is 5.57 Å². The number of nitrogens with zero attached hydrogens (tertiary/aromatic N) is 3. The molecule has 2 aromatic heterocycles. The van der Waals surface area contributed by atoms with Crippen LogP contribution in [0.1, 0.15) is 6.04 Å². The first-order chi connectivity index (χ1) is 10.7. The molecule has 0 aromatic carbocycles. The molecule has 6 N–H and O–H groups in total.